The second-order valence-corrected chi connectivity index (χ2v) is 15.7. The molecule has 0 aromatic carbocycles. The van der Waals surface area contributed by atoms with Crippen LogP contribution in [0.5, 0.6) is 0 Å². The van der Waals surface area contributed by atoms with E-state index in [2.05, 4.69) is 0 Å². The van der Waals surface area contributed by atoms with Crippen molar-refractivity contribution in [3.8, 4) is 0 Å². The van der Waals surface area contributed by atoms with Gasteiger partial charge in [-0.05, 0) is 6.42 Å². The van der Waals surface area contributed by atoms with E-state index in [9.17, 15) is 0 Å². The third-order valence-electron chi connectivity index (χ3n) is 2.91. The first-order valence-corrected chi connectivity index (χ1v) is 19.4. The van der Waals surface area contributed by atoms with Gasteiger partial charge in [-0.2, -0.15) is 0 Å². The summed E-state index contributed by atoms with van der Waals surface area (Å²) in [5, 5.41) is 16.5. The van der Waals surface area contributed by atoms with E-state index in [0.29, 0.717) is 39.6 Å². The predicted octanol–water partition coefficient (Wildman–Crippen LogP) is 5.89. The van der Waals surface area contributed by atoms with E-state index < -0.39 is 24.7 Å². The van der Waals surface area contributed by atoms with Gasteiger partial charge in [0.05, 0.1) is 59.5 Å². The first-order valence-electron chi connectivity index (χ1n) is 9.90. The second kappa shape index (κ2) is 27.6. The van der Waals surface area contributed by atoms with Crippen LogP contribution in [0.25, 0.3) is 0 Å². The van der Waals surface area contributed by atoms with Gasteiger partial charge < -0.3 is 41.9 Å². The lowest BCUT2D eigenvalue weighted by Crippen LogP contribution is -1.94. The summed E-state index contributed by atoms with van der Waals surface area (Å²) in [5.74, 6) is 3.34. The van der Waals surface area contributed by atoms with Crippen LogP contribution in [0.15, 0.2) is 0 Å². The van der Waals surface area contributed by atoms with Gasteiger partial charge in [0.2, 0.25) is 0 Å². The van der Waals surface area contributed by atoms with Crippen LogP contribution < -0.4 is 0 Å². The van der Waals surface area contributed by atoms with Crippen LogP contribution in [-0.4, -0.2) is 98.8 Å². The van der Waals surface area contributed by atoms with Crippen molar-refractivity contribution in [1.29, 1.82) is 0 Å². The molecule has 9 nitrogen and oxygen atoms in total. The van der Waals surface area contributed by atoms with Crippen molar-refractivity contribution in [1.82, 2.24) is 0 Å². The van der Waals surface area contributed by atoms with Gasteiger partial charge in [0.1, 0.15) is 7.50 Å². The second-order valence-electron chi connectivity index (χ2n) is 5.41. The lowest BCUT2D eigenvalue weighted by molar-refractivity contribution is 0.261. The van der Waals surface area contributed by atoms with Crippen molar-refractivity contribution in [3.63, 3.8) is 0 Å². The molecule has 0 aliphatic carbocycles. The van der Waals surface area contributed by atoms with E-state index in [0.717, 1.165) is 42.2 Å². The number of halogens is 1. The van der Waals surface area contributed by atoms with Crippen LogP contribution in [0.2, 0.25) is 0 Å². The Morgan fingerprint density at radius 2 is 1.09 bits per heavy atom. The molecule has 3 fully saturated rings. The molecule has 1 atom stereocenters. The van der Waals surface area contributed by atoms with Crippen LogP contribution in [0.4, 0.5) is 0 Å². The molecule has 17 heteroatoms. The molecule has 0 amide bonds. The lowest BCUT2D eigenvalue weighted by atomic mass is 10.5. The summed E-state index contributed by atoms with van der Waals surface area (Å²) in [6, 6.07) is 0. The van der Waals surface area contributed by atoms with Crippen LogP contribution in [-0.2, 0) is 31.7 Å². The minimum atomic E-state index is -1.06. The Bertz CT molecular complexity index is 374. The molecule has 3 rings (SSSR count). The van der Waals surface area contributed by atoms with Crippen LogP contribution >= 0.6 is 79.1 Å². The third-order valence-corrected chi connectivity index (χ3v) is 11.9. The molecule has 0 aromatic rings. The van der Waals surface area contributed by atoms with E-state index in [-0.39, 0.29) is 20.6 Å². The summed E-state index contributed by atoms with van der Waals surface area (Å²) in [4.78, 5) is 0. The third kappa shape index (κ3) is 23.5. The molecule has 3 aliphatic heterocycles. The zero-order valence-electron chi connectivity index (χ0n) is 17.7. The summed E-state index contributed by atoms with van der Waals surface area (Å²) in [6.07, 6.45) is 2.26. The number of aliphatic hydroxyl groups excluding tert-OH is 2. The monoisotopic (exact) mass is 628 g/mol. The molecule has 0 bridgehead atoms. The SMILES string of the molecule is C.C1COP(OCCSSCCOP2OCCO2)O1.ClP1CCCO1.OCCSSCCO. The molecule has 200 valence electrons. The van der Waals surface area contributed by atoms with Crippen molar-refractivity contribution in [2.45, 2.75) is 13.8 Å². The van der Waals surface area contributed by atoms with Gasteiger partial charge in [0.15, 0.2) is 0 Å². The quantitative estimate of drug-likeness (QED) is 0.136. The zero-order chi connectivity index (χ0) is 23.1. The maximum atomic E-state index is 8.27. The van der Waals surface area contributed by atoms with Gasteiger partial charge >= 0.3 is 17.2 Å². The van der Waals surface area contributed by atoms with E-state index in [1.807, 2.05) is 0 Å². The highest BCUT2D eigenvalue weighted by Gasteiger charge is 2.19. The van der Waals surface area contributed by atoms with Crippen LogP contribution in [0, 0.1) is 0 Å². The van der Waals surface area contributed by atoms with Gasteiger partial charge in [-0.25, -0.2) is 0 Å². The van der Waals surface area contributed by atoms with Gasteiger partial charge in [0.25, 0.3) is 0 Å². The fraction of sp³-hybridized carbons (Fsp3) is 1.00. The summed E-state index contributed by atoms with van der Waals surface area (Å²) in [7, 11) is 4.07. The molecule has 0 saturated carbocycles. The summed E-state index contributed by atoms with van der Waals surface area (Å²) < 4.78 is 36.7. The molecule has 1 unspecified atom stereocenters. The minimum Gasteiger partial charge on any atom is -0.395 e. The summed E-state index contributed by atoms with van der Waals surface area (Å²) >= 11 is 5.55. The van der Waals surface area contributed by atoms with Gasteiger partial charge in [-0.1, -0.05) is 61.8 Å². The molecule has 0 radical (unpaired) electrons. The van der Waals surface area contributed by atoms with Crippen molar-refractivity contribution < 1.29 is 41.9 Å². The normalized spacial score (nSPS) is 20.6. The maximum absolute atomic E-state index is 8.27. The van der Waals surface area contributed by atoms with Crippen molar-refractivity contribution in [2.75, 3.05) is 88.6 Å². The highest BCUT2D eigenvalue weighted by molar-refractivity contribution is 8.77. The number of hydrogen-bond donors (Lipinski definition) is 2. The highest BCUT2D eigenvalue weighted by atomic mass is 35.7. The topological polar surface area (TPSA) is 105 Å². The Labute approximate surface area is 222 Å². The Morgan fingerprint density at radius 3 is 1.39 bits per heavy atom. The van der Waals surface area contributed by atoms with E-state index in [4.69, 9.17) is 53.1 Å². The van der Waals surface area contributed by atoms with Crippen molar-refractivity contribution >= 4 is 79.1 Å². The van der Waals surface area contributed by atoms with Crippen molar-refractivity contribution in [2.24, 2.45) is 0 Å². The van der Waals surface area contributed by atoms with E-state index in [1.165, 1.54) is 0 Å². The fourth-order valence-electron chi connectivity index (χ4n) is 1.69. The summed E-state index contributed by atoms with van der Waals surface area (Å²) in [6.45, 7) is 5.25. The lowest BCUT2D eigenvalue weighted by Gasteiger charge is -2.08. The highest BCUT2D eigenvalue weighted by Crippen LogP contribution is 2.47. The Kier molecular flexibility index (Phi) is 29.8. The van der Waals surface area contributed by atoms with E-state index in [1.54, 1.807) is 43.2 Å². The molecular formula is C16H36ClO9P3S4. The molecule has 33 heavy (non-hydrogen) atoms. The molecule has 0 spiro atoms. The van der Waals surface area contributed by atoms with Gasteiger partial charge in [-0.15, -0.1) is 0 Å². The zero-order valence-corrected chi connectivity index (χ0v) is 24.4. The fourth-order valence-corrected chi connectivity index (χ4v) is 8.35. The average molecular weight is 629 g/mol. The predicted molar refractivity (Wildman–Crippen MR) is 148 cm³/mol. The standard InChI is InChI=1S/C8H16O6P2S2.C4H10O2S2.C3H6ClOP.CH4/c1-2-10-15(9-1)13-5-7-17-18-8-6-14-16-11-3-4-12-16;5-1-3-7-8-4-2-6;4-6-3-1-2-5-6;/h1-8H2;5-6H,1-4H2;1-3H2;1H4. The Hall–Kier alpha value is 2.62. The maximum Gasteiger partial charge on any atom is 0.332 e. The molecule has 2 N–H and O–H groups in total. The van der Waals surface area contributed by atoms with E-state index >= 15 is 0 Å². The van der Waals surface area contributed by atoms with Crippen LogP contribution in [0.1, 0.15) is 13.8 Å². The number of hydrogen-bond acceptors (Lipinski definition) is 13. The largest absolute Gasteiger partial charge is 0.395 e. The molecule has 0 aromatic heterocycles. The van der Waals surface area contributed by atoms with Gasteiger partial charge in [0, 0.05) is 29.2 Å². The smallest absolute Gasteiger partial charge is 0.332 e. The minimum absolute atomic E-state index is 0. The Balaban J connectivity index is 0.000000566. The molecule has 3 heterocycles. The average Bonchev–Trinajstić information content (AvgIpc) is 3.58. The number of aliphatic hydroxyl groups is 2. The molecule has 3 saturated heterocycles. The molecule has 3 aliphatic rings. The summed E-state index contributed by atoms with van der Waals surface area (Å²) in [5.41, 5.74) is 0. The van der Waals surface area contributed by atoms with Gasteiger partial charge in [-0.3, -0.25) is 0 Å². The Morgan fingerprint density at radius 1 is 0.667 bits per heavy atom. The van der Waals surface area contributed by atoms with Crippen LogP contribution in [0.3, 0.4) is 0 Å². The first-order chi connectivity index (χ1) is 15.8. The van der Waals surface area contributed by atoms with Crippen molar-refractivity contribution in [3.05, 3.63) is 0 Å². The first kappa shape index (κ1) is 35.6. The number of rotatable bonds is 14. The molecular weight excluding hydrogens is 593 g/mol.